The summed E-state index contributed by atoms with van der Waals surface area (Å²) in [6, 6.07) is 5.69. The zero-order valence-electron chi connectivity index (χ0n) is 9.16. The van der Waals surface area contributed by atoms with Crippen molar-refractivity contribution in [2.45, 2.75) is 26.3 Å². The molecule has 80 valence electrons. The molecule has 0 saturated carbocycles. The van der Waals surface area contributed by atoms with Crippen molar-refractivity contribution in [1.82, 2.24) is 10.2 Å². The lowest BCUT2D eigenvalue weighted by Gasteiger charge is -2.19. The highest BCUT2D eigenvalue weighted by Crippen LogP contribution is 2.21. The third-order valence-corrected chi connectivity index (χ3v) is 1.87. The molecule has 0 aromatic carbocycles. The molecule has 2 N–H and O–H groups in total. The Morgan fingerprint density at radius 3 is 2.80 bits per heavy atom. The second-order valence-corrected chi connectivity index (χ2v) is 4.52. The number of rotatable bonds is 2. The van der Waals surface area contributed by atoms with Crippen molar-refractivity contribution in [1.29, 1.82) is 0 Å². The van der Waals surface area contributed by atoms with Crippen LogP contribution in [0.15, 0.2) is 28.9 Å². The third-order valence-electron chi connectivity index (χ3n) is 1.87. The number of hydrogen-bond donors (Lipinski definition) is 2. The Hall–Kier alpha value is -1.71. The lowest BCUT2D eigenvalue weighted by atomic mass is 10.1. The van der Waals surface area contributed by atoms with E-state index in [2.05, 4.69) is 36.3 Å². The van der Waals surface area contributed by atoms with Gasteiger partial charge in [-0.1, -0.05) is 0 Å². The molecular formula is C11H15N3O. The van der Waals surface area contributed by atoms with Crippen LogP contribution in [0.5, 0.6) is 0 Å². The van der Waals surface area contributed by atoms with Gasteiger partial charge in [0.1, 0.15) is 11.5 Å². The highest BCUT2D eigenvalue weighted by molar-refractivity contribution is 5.57. The van der Waals surface area contributed by atoms with E-state index in [1.54, 1.807) is 6.26 Å². The molecule has 2 aromatic rings. The van der Waals surface area contributed by atoms with Crippen LogP contribution < -0.4 is 5.32 Å². The fourth-order valence-corrected chi connectivity index (χ4v) is 1.33. The van der Waals surface area contributed by atoms with Crippen LogP contribution in [0.4, 0.5) is 5.82 Å². The maximum atomic E-state index is 5.26. The molecule has 15 heavy (non-hydrogen) atoms. The summed E-state index contributed by atoms with van der Waals surface area (Å²) in [5.74, 6) is 1.62. The molecule has 0 aliphatic heterocycles. The summed E-state index contributed by atoms with van der Waals surface area (Å²) in [5.41, 5.74) is 0.891. The van der Waals surface area contributed by atoms with Gasteiger partial charge in [-0.05, 0) is 32.9 Å². The van der Waals surface area contributed by atoms with Crippen LogP contribution in [-0.4, -0.2) is 15.7 Å². The molecule has 0 atom stereocenters. The second kappa shape index (κ2) is 3.46. The number of aromatic nitrogens is 2. The van der Waals surface area contributed by atoms with Crippen molar-refractivity contribution in [2.24, 2.45) is 0 Å². The molecule has 0 amide bonds. The predicted molar refractivity (Wildman–Crippen MR) is 59.7 cm³/mol. The van der Waals surface area contributed by atoms with Crippen LogP contribution in [0.3, 0.4) is 0 Å². The SMILES string of the molecule is CC(C)(C)Nc1cc(-c2ccco2)[nH]n1. The molecule has 2 heterocycles. The summed E-state index contributed by atoms with van der Waals surface area (Å²) in [6.45, 7) is 6.27. The minimum absolute atomic E-state index is 0.00955. The molecule has 0 aliphatic carbocycles. The van der Waals surface area contributed by atoms with Crippen molar-refractivity contribution in [3.63, 3.8) is 0 Å². The van der Waals surface area contributed by atoms with Gasteiger partial charge in [-0.15, -0.1) is 0 Å². The zero-order valence-corrected chi connectivity index (χ0v) is 9.16. The van der Waals surface area contributed by atoms with Crippen LogP contribution in [0, 0.1) is 0 Å². The summed E-state index contributed by atoms with van der Waals surface area (Å²) in [6.07, 6.45) is 1.65. The summed E-state index contributed by atoms with van der Waals surface area (Å²) in [5, 5.41) is 10.4. The first-order chi connectivity index (χ1) is 7.04. The Morgan fingerprint density at radius 2 is 2.20 bits per heavy atom. The average molecular weight is 205 g/mol. The Bertz CT molecular complexity index is 423. The number of nitrogens with zero attached hydrogens (tertiary/aromatic N) is 1. The van der Waals surface area contributed by atoms with Gasteiger partial charge in [0.05, 0.1) is 6.26 Å². The van der Waals surface area contributed by atoms with Crippen molar-refractivity contribution in [3.8, 4) is 11.5 Å². The van der Waals surface area contributed by atoms with Gasteiger partial charge in [0, 0.05) is 11.6 Å². The predicted octanol–water partition coefficient (Wildman–Crippen LogP) is 2.88. The quantitative estimate of drug-likeness (QED) is 0.792. The van der Waals surface area contributed by atoms with E-state index < -0.39 is 0 Å². The molecule has 0 spiro atoms. The molecule has 0 aliphatic rings. The zero-order chi connectivity index (χ0) is 10.9. The van der Waals surface area contributed by atoms with Gasteiger partial charge in [0.2, 0.25) is 0 Å². The summed E-state index contributed by atoms with van der Waals surface area (Å²) < 4.78 is 5.26. The van der Waals surface area contributed by atoms with E-state index in [9.17, 15) is 0 Å². The van der Waals surface area contributed by atoms with Crippen LogP contribution in [-0.2, 0) is 0 Å². The molecule has 2 aromatic heterocycles. The van der Waals surface area contributed by atoms with Gasteiger partial charge in [-0.2, -0.15) is 5.10 Å². The molecule has 2 rings (SSSR count). The van der Waals surface area contributed by atoms with Gasteiger partial charge in [0.15, 0.2) is 5.76 Å². The van der Waals surface area contributed by atoms with E-state index in [-0.39, 0.29) is 5.54 Å². The van der Waals surface area contributed by atoms with Gasteiger partial charge < -0.3 is 9.73 Å². The lowest BCUT2D eigenvalue weighted by Crippen LogP contribution is -2.26. The highest BCUT2D eigenvalue weighted by atomic mass is 16.3. The highest BCUT2D eigenvalue weighted by Gasteiger charge is 2.12. The van der Waals surface area contributed by atoms with E-state index in [0.29, 0.717) is 0 Å². The number of anilines is 1. The molecule has 0 unspecified atom stereocenters. The van der Waals surface area contributed by atoms with E-state index in [0.717, 1.165) is 17.3 Å². The first-order valence-electron chi connectivity index (χ1n) is 4.92. The first kappa shape index (κ1) is 9.83. The monoisotopic (exact) mass is 205 g/mol. The van der Waals surface area contributed by atoms with Crippen molar-refractivity contribution < 1.29 is 4.42 Å². The fraction of sp³-hybridized carbons (Fsp3) is 0.364. The maximum Gasteiger partial charge on any atom is 0.151 e. The number of aromatic amines is 1. The molecule has 4 nitrogen and oxygen atoms in total. The molecule has 4 heteroatoms. The largest absolute Gasteiger partial charge is 0.463 e. The smallest absolute Gasteiger partial charge is 0.151 e. The number of nitrogens with one attached hydrogen (secondary N) is 2. The molecule has 0 bridgehead atoms. The number of furan rings is 1. The van der Waals surface area contributed by atoms with Gasteiger partial charge in [-0.25, -0.2) is 0 Å². The Kier molecular flexibility index (Phi) is 2.26. The standard InChI is InChI=1S/C11H15N3O/c1-11(2,3)12-10-7-8(13-14-10)9-5-4-6-15-9/h4-7H,1-3H3,(H2,12,13,14). The molecule has 0 saturated heterocycles. The van der Waals surface area contributed by atoms with Crippen LogP contribution >= 0.6 is 0 Å². The van der Waals surface area contributed by atoms with E-state index in [1.165, 1.54) is 0 Å². The Morgan fingerprint density at radius 1 is 1.40 bits per heavy atom. The van der Waals surface area contributed by atoms with Gasteiger partial charge >= 0.3 is 0 Å². The second-order valence-electron chi connectivity index (χ2n) is 4.52. The molecule has 0 fully saturated rings. The normalized spacial score (nSPS) is 11.7. The van der Waals surface area contributed by atoms with E-state index >= 15 is 0 Å². The fourth-order valence-electron chi connectivity index (χ4n) is 1.33. The van der Waals surface area contributed by atoms with Crippen molar-refractivity contribution in [2.75, 3.05) is 5.32 Å². The van der Waals surface area contributed by atoms with Crippen LogP contribution in [0.1, 0.15) is 20.8 Å². The molecule has 0 radical (unpaired) electrons. The number of hydrogen-bond acceptors (Lipinski definition) is 3. The Labute approximate surface area is 88.7 Å². The topological polar surface area (TPSA) is 53.9 Å². The van der Waals surface area contributed by atoms with Crippen LogP contribution in [0.2, 0.25) is 0 Å². The molecular weight excluding hydrogens is 190 g/mol. The minimum atomic E-state index is 0.00955. The van der Waals surface area contributed by atoms with E-state index in [4.69, 9.17) is 4.42 Å². The minimum Gasteiger partial charge on any atom is -0.463 e. The van der Waals surface area contributed by atoms with Crippen molar-refractivity contribution >= 4 is 5.82 Å². The maximum absolute atomic E-state index is 5.26. The number of H-pyrrole nitrogens is 1. The van der Waals surface area contributed by atoms with E-state index in [1.807, 2.05) is 18.2 Å². The van der Waals surface area contributed by atoms with Gasteiger partial charge in [0.25, 0.3) is 0 Å². The average Bonchev–Trinajstić information content (AvgIpc) is 2.68. The van der Waals surface area contributed by atoms with Crippen molar-refractivity contribution in [3.05, 3.63) is 24.5 Å². The third kappa shape index (κ3) is 2.40. The Balaban J connectivity index is 2.18. The lowest BCUT2D eigenvalue weighted by molar-refractivity contribution is 0.580. The first-order valence-corrected chi connectivity index (χ1v) is 4.92. The summed E-state index contributed by atoms with van der Waals surface area (Å²) in [4.78, 5) is 0. The summed E-state index contributed by atoms with van der Waals surface area (Å²) in [7, 11) is 0. The summed E-state index contributed by atoms with van der Waals surface area (Å²) >= 11 is 0. The van der Waals surface area contributed by atoms with Crippen LogP contribution in [0.25, 0.3) is 11.5 Å². The van der Waals surface area contributed by atoms with Gasteiger partial charge in [-0.3, -0.25) is 5.10 Å².